The molecule has 2 rings (SSSR count). The van der Waals surface area contributed by atoms with E-state index in [0.717, 1.165) is 31.7 Å². The van der Waals surface area contributed by atoms with Gasteiger partial charge in [0.25, 0.3) is 0 Å². The molecule has 1 atom stereocenters. The van der Waals surface area contributed by atoms with Gasteiger partial charge in [0.05, 0.1) is 5.56 Å². The van der Waals surface area contributed by atoms with Gasteiger partial charge in [0.2, 0.25) is 0 Å². The fourth-order valence-corrected chi connectivity index (χ4v) is 2.75. The zero-order valence-electron chi connectivity index (χ0n) is 8.86. The standard InChI is InChI=1S/C11H15N3S/c1-9-6-14(3-2-13-9)7-11-4-10(5-12)8-15-11/h4,8-9,13H,2-3,6-7H2,1H3/t9-/m0/s1. The van der Waals surface area contributed by atoms with Gasteiger partial charge in [-0.05, 0) is 13.0 Å². The zero-order chi connectivity index (χ0) is 10.7. The van der Waals surface area contributed by atoms with E-state index in [1.807, 2.05) is 11.4 Å². The van der Waals surface area contributed by atoms with Crippen LogP contribution in [0.4, 0.5) is 0 Å². The number of nitrogens with zero attached hydrogens (tertiary/aromatic N) is 2. The van der Waals surface area contributed by atoms with E-state index >= 15 is 0 Å². The van der Waals surface area contributed by atoms with E-state index in [2.05, 4.69) is 23.2 Å². The van der Waals surface area contributed by atoms with Gasteiger partial charge < -0.3 is 5.32 Å². The molecular formula is C11H15N3S. The Hall–Kier alpha value is -0.890. The third kappa shape index (κ3) is 2.78. The molecule has 1 aliphatic rings. The third-order valence-corrected chi connectivity index (χ3v) is 3.54. The minimum absolute atomic E-state index is 0.578. The van der Waals surface area contributed by atoms with Crippen molar-refractivity contribution in [2.24, 2.45) is 0 Å². The topological polar surface area (TPSA) is 39.1 Å². The van der Waals surface area contributed by atoms with Gasteiger partial charge in [0, 0.05) is 42.5 Å². The van der Waals surface area contributed by atoms with Crippen molar-refractivity contribution in [2.45, 2.75) is 19.5 Å². The minimum atomic E-state index is 0.578. The van der Waals surface area contributed by atoms with E-state index < -0.39 is 0 Å². The first kappa shape index (κ1) is 10.6. The lowest BCUT2D eigenvalue weighted by Gasteiger charge is -2.31. The highest BCUT2D eigenvalue weighted by Crippen LogP contribution is 2.16. The highest BCUT2D eigenvalue weighted by molar-refractivity contribution is 7.10. The lowest BCUT2D eigenvalue weighted by molar-refractivity contribution is 0.201. The molecule has 0 unspecified atom stereocenters. The first-order valence-corrected chi connectivity index (χ1v) is 6.09. The number of hydrogen-bond donors (Lipinski definition) is 1. The molecule has 80 valence electrons. The van der Waals surface area contributed by atoms with Crippen LogP contribution in [0.1, 0.15) is 17.4 Å². The molecule has 1 saturated heterocycles. The maximum Gasteiger partial charge on any atom is 0.100 e. The van der Waals surface area contributed by atoms with Gasteiger partial charge >= 0.3 is 0 Å². The molecule has 1 aliphatic heterocycles. The summed E-state index contributed by atoms with van der Waals surface area (Å²) in [6, 6.07) is 4.75. The van der Waals surface area contributed by atoms with Crippen LogP contribution in [0, 0.1) is 11.3 Å². The summed E-state index contributed by atoms with van der Waals surface area (Å²) < 4.78 is 0. The summed E-state index contributed by atoms with van der Waals surface area (Å²) in [5, 5.41) is 14.1. The smallest absolute Gasteiger partial charge is 0.100 e. The van der Waals surface area contributed by atoms with E-state index in [9.17, 15) is 0 Å². The molecule has 3 nitrogen and oxygen atoms in total. The average molecular weight is 221 g/mol. The maximum absolute atomic E-state index is 8.73. The zero-order valence-corrected chi connectivity index (χ0v) is 9.68. The molecule has 0 saturated carbocycles. The Morgan fingerprint density at radius 2 is 2.60 bits per heavy atom. The van der Waals surface area contributed by atoms with E-state index in [-0.39, 0.29) is 0 Å². The Balaban J connectivity index is 1.93. The van der Waals surface area contributed by atoms with Crippen molar-refractivity contribution in [3.8, 4) is 6.07 Å². The van der Waals surface area contributed by atoms with E-state index in [1.165, 1.54) is 4.88 Å². The Bertz CT molecular complexity index is 366. The fourth-order valence-electron chi connectivity index (χ4n) is 1.90. The number of rotatable bonds is 2. The van der Waals surface area contributed by atoms with Gasteiger partial charge in [-0.1, -0.05) is 0 Å². The summed E-state index contributed by atoms with van der Waals surface area (Å²) in [6.07, 6.45) is 0. The predicted molar refractivity (Wildman–Crippen MR) is 61.8 cm³/mol. The second kappa shape index (κ2) is 4.75. The van der Waals surface area contributed by atoms with Crippen LogP contribution in [0.5, 0.6) is 0 Å². The summed E-state index contributed by atoms with van der Waals surface area (Å²) >= 11 is 1.68. The SMILES string of the molecule is C[C@H]1CN(Cc2cc(C#N)cs2)CCN1. The van der Waals surface area contributed by atoms with Crippen LogP contribution in [0.25, 0.3) is 0 Å². The van der Waals surface area contributed by atoms with Crippen molar-refractivity contribution in [3.05, 3.63) is 21.9 Å². The van der Waals surface area contributed by atoms with E-state index in [4.69, 9.17) is 5.26 Å². The van der Waals surface area contributed by atoms with Gasteiger partial charge in [-0.2, -0.15) is 5.26 Å². The Morgan fingerprint density at radius 3 is 3.27 bits per heavy atom. The maximum atomic E-state index is 8.73. The molecule has 1 aromatic rings. The summed E-state index contributed by atoms with van der Waals surface area (Å²) in [6.45, 7) is 6.46. The average Bonchev–Trinajstić information content (AvgIpc) is 2.65. The number of nitriles is 1. The van der Waals surface area contributed by atoms with Crippen molar-refractivity contribution in [2.75, 3.05) is 19.6 Å². The largest absolute Gasteiger partial charge is 0.312 e. The number of thiophene rings is 1. The minimum Gasteiger partial charge on any atom is -0.312 e. The monoisotopic (exact) mass is 221 g/mol. The lowest BCUT2D eigenvalue weighted by atomic mass is 10.2. The first-order chi connectivity index (χ1) is 7.28. The molecule has 1 N–H and O–H groups in total. The first-order valence-electron chi connectivity index (χ1n) is 5.21. The van der Waals surface area contributed by atoms with Gasteiger partial charge in [-0.15, -0.1) is 11.3 Å². The van der Waals surface area contributed by atoms with Gasteiger partial charge in [-0.25, -0.2) is 0 Å². The van der Waals surface area contributed by atoms with Crippen LogP contribution >= 0.6 is 11.3 Å². The summed E-state index contributed by atoms with van der Waals surface area (Å²) in [4.78, 5) is 3.73. The molecule has 4 heteroatoms. The molecule has 0 spiro atoms. The predicted octanol–water partition coefficient (Wildman–Crippen LogP) is 1.41. The molecule has 1 aromatic heterocycles. The van der Waals surface area contributed by atoms with Crippen LogP contribution in [-0.4, -0.2) is 30.6 Å². The van der Waals surface area contributed by atoms with Crippen LogP contribution < -0.4 is 5.32 Å². The molecule has 0 bridgehead atoms. The van der Waals surface area contributed by atoms with Crippen LogP contribution in [0.2, 0.25) is 0 Å². The van der Waals surface area contributed by atoms with Crippen molar-refractivity contribution < 1.29 is 0 Å². The van der Waals surface area contributed by atoms with E-state index in [1.54, 1.807) is 11.3 Å². The van der Waals surface area contributed by atoms with Crippen molar-refractivity contribution in [1.82, 2.24) is 10.2 Å². The molecule has 0 radical (unpaired) electrons. The molecule has 2 heterocycles. The summed E-state index contributed by atoms with van der Waals surface area (Å²) in [7, 11) is 0. The number of nitrogens with one attached hydrogen (secondary N) is 1. The van der Waals surface area contributed by atoms with Gasteiger partial charge in [-0.3, -0.25) is 4.90 Å². The summed E-state index contributed by atoms with van der Waals surface area (Å²) in [5.41, 5.74) is 0.790. The molecule has 0 amide bonds. The Morgan fingerprint density at radius 1 is 1.73 bits per heavy atom. The Kier molecular flexibility index (Phi) is 3.37. The quantitative estimate of drug-likeness (QED) is 0.821. The lowest BCUT2D eigenvalue weighted by Crippen LogP contribution is -2.48. The Labute approximate surface area is 94.3 Å². The molecular weight excluding hydrogens is 206 g/mol. The normalized spacial score (nSPS) is 22.5. The molecule has 15 heavy (non-hydrogen) atoms. The van der Waals surface area contributed by atoms with Crippen molar-refractivity contribution >= 4 is 11.3 Å². The fraction of sp³-hybridized carbons (Fsp3) is 0.545. The molecule has 1 fully saturated rings. The third-order valence-electron chi connectivity index (χ3n) is 2.62. The molecule has 0 aliphatic carbocycles. The van der Waals surface area contributed by atoms with E-state index in [0.29, 0.717) is 6.04 Å². The summed E-state index contributed by atoms with van der Waals surface area (Å²) in [5.74, 6) is 0. The van der Waals surface area contributed by atoms with Gasteiger partial charge in [0.15, 0.2) is 0 Å². The van der Waals surface area contributed by atoms with Crippen LogP contribution in [0.3, 0.4) is 0 Å². The number of piperazine rings is 1. The van der Waals surface area contributed by atoms with Crippen molar-refractivity contribution in [1.29, 1.82) is 5.26 Å². The highest BCUT2D eigenvalue weighted by atomic mass is 32.1. The van der Waals surface area contributed by atoms with Crippen LogP contribution in [-0.2, 0) is 6.54 Å². The van der Waals surface area contributed by atoms with Crippen molar-refractivity contribution in [3.63, 3.8) is 0 Å². The second-order valence-corrected chi connectivity index (χ2v) is 5.00. The van der Waals surface area contributed by atoms with Gasteiger partial charge in [0.1, 0.15) is 6.07 Å². The highest BCUT2D eigenvalue weighted by Gasteiger charge is 2.15. The van der Waals surface area contributed by atoms with Crippen LogP contribution in [0.15, 0.2) is 11.4 Å². The second-order valence-electron chi connectivity index (χ2n) is 4.00. The number of hydrogen-bond acceptors (Lipinski definition) is 4. The molecule has 0 aromatic carbocycles.